The second-order valence-electron chi connectivity index (χ2n) is 4.17. The van der Waals surface area contributed by atoms with Gasteiger partial charge in [-0.2, -0.15) is 5.10 Å². The summed E-state index contributed by atoms with van der Waals surface area (Å²) in [6.07, 6.45) is 4.39. The van der Waals surface area contributed by atoms with Gasteiger partial charge in [0.25, 0.3) is 0 Å². The van der Waals surface area contributed by atoms with E-state index >= 15 is 0 Å². The van der Waals surface area contributed by atoms with E-state index in [1.54, 1.807) is 12.4 Å². The highest BCUT2D eigenvalue weighted by atomic mass is 79.9. The van der Waals surface area contributed by atoms with Crippen molar-refractivity contribution in [3.63, 3.8) is 0 Å². The van der Waals surface area contributed by atoms with Crippen LogP contribution in [0.25, 0.3) is 0 Å². The normalized spacial score (nSPS) is 10.7. The van der Waals surface area contributed by atoms with Gasteiger partial charge in [0.1, 0.15) is 0 Å². The first-order chi connectivity index (χ1) is 8.58. The first kappa shape index (κ1) is 13.0. The summed E-state index contributed by atoms with van der Waals surface area (Å²) in [7, 11) is 1.97. The molecule has 5 nitrogen and oxygen atoms in total. The van der Waals surface area contributed by atoms with Crippen LogP contribution in [0.5, 0.6) is 0 Å². The molecule has 2 rings (SSSR count). The molecule has 2 aromatic heterocycles. The number of hydrogen-bond donors (Lipinski definition) is 1. The Labute approximate surface area is 115 Å². The molecule has 0 aromatic carbocycles. The van der Waals surface area contributed by atoms with E-state index in [0.29, 0.717) is 5.95 Å². The molecule has 0 saturated carbocycles. The third-order valence-corrected chi connectivity index (χ3v) is 3.35. The molecule has 0 saturated heterocycles. The third kappa shape index (κ3) is 2.87. The summed E-state index contributed by atoms with van der Waals surface area (Å²) < 4.78 is 2.80. The molecule has 6 heteroatoms. The zero-order valence-corrected chi connectivity index (χ0v) is 12.3. The van der Waals surface area contributed by atoms with E-state index in [0.717, 1.165) is 23.1 Å². The Morgan fingerprint density at radius 2 is 1.94 bits per heavy atom. The first-order valence-electron chi connectivity index (χ1n) is 5.78. The van der Waals surface area contributed by atoms with Crippen LogP contribution in [0.15, 0.2) is 16.9 Å². The zero-order valence-electron chi connectivity index (χ0n) is 10.7. The fraction of sp³-hybridized carbons (Fsp3) is 0.417. The van der Waals surface area contributed by atoms with Gasteiger partial charge in [0.05, 0.1) is 10.2 Å². The predicted molar refractivity (Wildman–Crippen MR) is 74.6 cm³/mol. The molecule has 0 radical (unpaired) electrons. The van der Waals surface area contributed by atoms with E-state index < -0.39 is 0 Å². The van der Waals surface area contributed by atoms with Crippen molar-refractivity contribution in [3.8, 4) is 0 Å². The van der Waals surface area contributed by atoms with Crippen LogP contribution in [0, 0.1) is 13.8 Å². The number of hydrogen-bond acceptors (Lipinski definition) is 4. The summed E-state index contributed by atoms with van der Waals surface area (Å²) in [6, 6.07) is 0. The fourth-order valence-electron chi connectivity index (χ4n) is 1.88. The molecule has 0 bridgehead atoms. The smallest absolute Gasteiger partial charge is 0.222 e. The predicted octanol–water partition coefficient (Wildman–Crippen LogP) is 2.24. The lowest BCUT2D eigenvalue weighted by Gasteiger charge is -2.05. The van der Waals surface area contributed by atoms with Crippen LogP contribution in [-0.2, 0) is 13.5 Å². The van der Waals surface area contributed by atoms with Gasteiger partial charge >= 0.3 is 0 Å². The van der Waals surface area contributed by atoms with Crippen LogP contribution in [0.4, 0.5) is 5.95 Å². The molecule has 18 heavy (non-hydrogen) atoms. The van der Waals surface area contributed by atoms with Crippen molar-refractivity contribution in [2.24, 2.45) is 7.05 Å². The van der Waals surface area contributed by atoms with Crippen molar-refractivity contribution in [2.75, 3.05) is 11.9 Å². The average molecular weight is 310 g/mol. The van der Waals surface area contributed by atoms with E-state index in [9.17, 15) is 0 Å². The minimum Gasteiger partial charge on any atom is -0.354 e. The molecule has 1 N–H and O–H groups in total. The number of rotatable bonds is 4. The lowest BCUT2D eigenvalue weighted by atomic mass is 10.1. The van der Waals surface area contributed by atoms with Crippen LogP contribution in [0.2, 0.25) is 0 Å². The lowest BCUT2D eigenvalue weighted by Crippen LogP contribution is -2.08. The molecule has 0 aliphatic carbocycles. The largest absolute Gasteiger partial charge is 0.354 e. The molecule has 2 heterocycles. The Kier molecular flexibility index (Phi) is 3.96. The van der Waals surface area contributed by atoms with Gasteiger partial charge < -0.3 is 5.32 Å². The molecule has 0 aliphatic rings. The summed E-state index contributed by atoms with van der Waals surface area (Å²) in [6.45, 7) is 4.93. The van der Waals surface area contributed by atoms with Crippen molar-refractivity contribution in [2.45, 2.75) is 20.3 Å². The fourth-order valence-corrected chi connectivity index (χ4v) is 2.09. The van der Waals surface area contributed by atoms with Crippen LogP contribution >= 0.6 is 15.9 Å². The average Bonchev–Trinajstić information content (AvgIpc) is 2.58. The number of nitrogens with zero attached hydrogens (tertiary/aromatic N) is 4. The van der Waals surface area contributed by atoms with Gasteiger partial charge in [-0.1, -0.05) is 0 Å². The van der Waals surface area contributed by atoms with Crippen LogP contribution < -0.4 is 5.32 Å². The van der Waals surface area contributed by atoms with Crippen LogP contribution in [0.1, 0.15) is 17.0 Å². The quantitative estimate of drug-likeness (QED) is 0.941. The Balaban J connectivity index is 1.94. The van der Waals surface area contributed by atoms with E-state index in [1.807, 2.05) is 18.7 Å². The Bertz CT molecular complexity index is 532. The first-order valence-corrected chi connectivity index (χ1v) is 6.57. The van der Waals surface area contributed by atoms with Gasteiger partial charge in [-0.15, -0.1) is 0 Å². The maximum atomic E-state index is 4.40. The second kappa shape index (κ2) is 5.48. The summed E-state index contributed by atoms with van der Waals surface area (Å²) in [5.74, 6) is 0.650. The molecule has 0 spiro atoms. The van der Waals surface area contributed by atoms with E-state index in [2.05, 4.69) is 43.2 Å². The van der Waals surface area contributed by atoms with Gasteiger partial charge in [-0.05, 0) is 41.8 Å². The van der Waals surface area contributed by atoms with E-state index in [4.69, 9.17) is 0 Å². The maximum absolute atomic E-state index is 4.40. The topological polar surface area (TPSA) is 55.6 Å². The molecule has 2 aromatic rings. The van der Waals surface area contributed by atoms with Crippen molar-refractivity contribution >= 4 is 21.9 Å². The Hall–Kier alpha value is -1.43. The van der Waals surface area contributed by atoms with Gasteiger partial charge in [0, 0.05) is 31.7 Å². The van der Waals surface area contributed by atoms with Crippen molar-refractivity contribution < 1.29 is 0 Å². The Morgan fingerprint density at radius 3 is 2.50 bits per heavy atom. The van der Waals surface area contributed by atoms with E-state index in [-0.39, 0.29) is 0 Å². The molecule has 0 amide bonds. The molecule has 0 atom stereocenters. The summed E-state index contributed by atoms with van der Waals surface area (Å²) in [5.41, 5.74) is 3.60. The van der Waals surface area contributed by atoms with Crippen LogP contribution in [0.3, 0.4) is 0 Å². The number of aryl methyl sites for hydroxylation is 2. The minimum absolute atomic E-state index is 0.650. The second-order valence-corrected chi connectivity index (χ2v) is 5.09. The van der Waals surface area contributed by atoms with E-state index in [1.165, 1.54) is 11.3 Å². The molecule has 0 unspecified atom stereocenters. The van der Waals surface area contributed by atoms with Gasteiger partial charge in [0.15, 0.2) is 0 Å². The van der Waals surface area contributed by atoms with Crippen molar-refractivity contribution in [1.82, 2.24) is 19.7 Å². The molecule has 96 valence electrons. The molecular formula is C12H16BrN5. The minimum atomic E-state index is 0.650. The van der Waals surface area contributed by atoms with Gasteiger partial charge in [0.2, 0.25) is 5.95 Å². The molecule has 0 fully saturated rings. The highest BCUT2D eigenvalue weighted by Gasteiger charge is 2.08. The highest BCUT2D eigenvalue weighted by molar-refractivity contribution is 9.10. The third-order valence-electron chi connectivity index (χ3n) is 2.94. The van der Waals surface area contributed by atoms with Crippen molar-refractivity contribution in [1.29, 1.82) is 0 Å². The number of halogens is 1. The Morgan fingerprint density at radius 1 is 1.28 bits per heavy atom. The van der Waals surface area contributed by atoms with Gasteiger partial charge in [-0.3, -0.25) is 4.68 Å². The monoisotopic (exact) mass is 309 g/mol. The number of nitrogens with one attached hydrogen (secondary N) is 1. The summed E-state index contributed by atoms with van der Waals surface area (Å²) >= 11 is 3.31. The SMILES string of the molecule is Cc1nn(C)c(C)c1CCNc1ncc(Br)cn1. The summed E-state index contributed by atoms with van der Waals surface area (Å²) in [4.78, 5) is 8.34. The van der Waals surface area contributed by atoms with Crippen molar-refractivity contribution in [3.05, 3.63) is 33.8 Å². The standard InChI is InChI=1S/C12H16BrN5/c1-8-11(9(2)18(3)17-8)4-5-14-12-15-6-10(13)7-16-12/h6-7H,4-5H2,1-3H3,(H,14,15,16). The molecule has 0 aliphatic heterocycles. The zero-order chi connectivity index (χ0) is 13.1. The number of aromatic nitrogens is 4. The highest BCUT2D eigenvalue weighted by Crippen LogP contribution is 2.13. The van der Waals surface area contributed by atoms with Gasteiger partial charge in [-0.25, -0.2) is 9.97 Å². The molecular weight excluding hydrogens is 294 g/mol. The van der Waals surface area contributed by atoms with Crippen LogP contribution in [-0.4, -0.2) is 26.3 Å². The maximum Gasteiger partial charge on any atom is 0.222 e. The summed E-state index contributed by atoms with van der Waals surface area (Å²) in [5, 5.41) is 7.60. The number of anilines is 1. The lowest BCUT2D eigenvalue weighted by molar-refractivity contribution is 0.730.